The van der Waals surface area contributed by atoms with Crippen molar-refractivity contribution in [3.63, 3.8) is 0 Å². The molecule has 1 aromatic carbocycles. The van der Waals surface area contributed by atoms with Crippen LogP contribution in [0.4, 0.5) is 0 Å². The Morgan fingerprint density at radius 1 is 1.36 bits per heavy atom. The Balaban J connectivity index is 1.72. The molecule has 0 aliphatic heterocycles. The standard InChI is InChI=1S/C19H28N4O3S2/c1-4-23-17-9-8-14(28(20,25)26)10-16(17)22-19(23)27-11-18(24)21-15-7-5-6-12(2)13(15)3/h8-10,12-13,15H,4-7,11H2,1-3H3,(H,21,24)(H2,20,25,26)/t12-,13-,15+/m0/s1. The lowest BCUT2D eigenvalue weighted by Gasteiger charge is -2.34. The number of fused-ring (bicyclic) bond motifs is 1. The number of primary sulfonamides is 1. The molecular formula is C19H28N4O3S2. The van der Waals surface area contributed by atoms with Crippen molar-refractivity contribution >= 4 is 38.7 Å². The van der Waals surface area contributed by atoms with Crippen molar-refractivity contribution in [2.24, 2.45) is 17.0 Å². The number of carbonyl (C=O) groups is 1. The number of amides is 1. The number of aryl methyl sites for hydroxylation is 1. The fourth-order valence-corrected chi connectivity index (χ4v) is 5.27. The smallest absolute Gasteiger partial charge is 0.238 e. The number of nitrogens with zero attached hydrogens (tertiary/aromatic N) is 2. The second-order valence-corrected chi connectivity index (χ2v) is 10.1. The predicted molar refractivity (Wildman–Crippen MR) is 112 cm³/mol. The van der Waals surface area contributed by atoms with Crippen LogP contribution in [0.2, 0.25) is 0 Å². The van der Waals surface area contributed by atoms with E-state index in [0.717, 1.165) is 18.4 Å². The van der Waals surface area contributed by atoms with Crippen molar-refractivity contribution in [3.05, 3.63) is 18.2 Å². The molecule has 28 heavy (non-hydrogen) atoms. The Labute approximate surface area is 170 Å². The maximum atomic E-state index is 12.5. The van der Waals surface area contributed by atoms with Gasteiger partial charge >= 0.3 is 0 Å². The second-order valence-electron chi connectivity index (χ2n) is 7.56. The lowest BCUT2D eigenvalue weighted by molar-refractivity contribution is -0.120. The molecule has 0 spiro atoms. The van der Waals surface area contributed by atoms with Gasteiger partial charge < -0.3 is 9.88 Å². The monoisotopic (exact) mass is 424 g/mol. The molecule has 3 N–H and O–H groups in total. The molecule has 3 rings (SSSR count). The summed E-state index contributed by atoms with van der Waals surface area (Å²) >= 11 is 1.37. The highest BCUT2D eigenvalue weighted by Gasteiger charge is 2.28. The van der Waals surface area contributed by atoms with Crippen LogP contribution >= 0.6 is 11.8 Å². The second kappa shape index (κ2) is 8.42. The van der Waals surface area contributed by atoms with Crippen molar-refractivity contribution in [3.8, 4) is 0 Å². The van der Waals surface area contributed by atoms with Crippen LogP contribution in [0.1, 0.15) is 40.0 Å². The number of hydrogen-bond acceptors (Lipinski definition) is 5. The minimum atomic E-state index is -3.78. The Morgan fingerprint density at radius 2 is 2.11 bits per heavy atom. The summed E-state index contributed by atoms with van der Waals surface area (Å²) in [5.74, 6) is 1.41. The van der Waals surface area contributed by atoms with Crippen LogP contribution in [0.3, 0.4) is 0 Å². The van der Waals surface area contributed by atoms with Gasteiger partial charge in [-0.25, -0.2) is 18.5 Å². The molecule has 1 amide bonds. The summed E-state index contributed by atoms with van der Waals surface area (Å²) in [5, 5.41) is 9.09. The number of thioether (sulfide) groups is 1. The Bertz CT molecular complexity index is 971. The molecule has 1 aromatic heterocycles. The number of rotatable bonds is 6. The fraction of sp³-hybridized carbons (Fsp3) is 0.579. The molecule has 1 saturated carbocycles. The zero-order valence-electron chi connectivity index (χ0n) is 16.5. The summed E-state index contributed by atoms with van der Waals surface area (Å²) in [6, 6.07) is 4.91. The van der Waals surface area contributed by atoms with Crippen molar-refractivity contribution in [2.45, 2.75) is 62.7 Å². The minimum Gasteiger partial charge on any atom is -0.352 e. The number of benzene rings is 1. The fourth-order valence-electron chi connectivity index (χ4n) is 3.84. The van der Waals surface area contributed by atoms with Crippen LogP contribution in [0.5, 0.6) is 0 Å². The molecule has 0 radical (unpaired) electrons. The van der Waals surface area contributed by atoms with E-state index >= 15 is 0 Å². The molecule has 1 heterocycles. The average molecular weight is 425 g/mol. The minimum absolute atomic E-state index is 0.0101. The number of nitrogens with two attached hydrogens (primary N) is 1. The van der Waals surface area contributed by atoms with Gasteiger partial charge in [-0.3, -0.25) is 4.79 Å². The van der Waals surface area contributed by atoms with Gasteiger partial charge in [0.05, 0.1) is 21.7 Å². The van der Waals surface area contributed by atoms with Gasteiger partial charge in [-0.15, -0.1) is 0 Å². The molecule has 2 aromatic rings. The zero-order chi connectivity index (χ0) is 20.5. The van der Waals surface area contributed by atoms with E-state index in [2.05, 4.69) is 24.1 Å². The predicted octanol–water partition coefficient (Wildman–Crippen LogP) is 2.74. The van der Waals surface area contributed by atoms with Gasteiger partial charge in [0.2, 0.25) is 15.9 Å². The number of imidazole rings is 1. The molecule has 7 nitrogen and oxygen atoms in total. The van der Waals surface area contributed by atoms with E-state index in [1.807, 2.05) is 11.5 Å². The molecular weight excluding hydrogens is 396 g/mol. The quantitative estimate of drug-likeness (QED) is 0.694. The van der Waals surface area contributed by atoms with E-state index in [1.165, 1.54) is 30.3 Å². The molecule has 3 atom stereocenters. The highest BCUT2D eigenvalue weighted by Crippen LogP contribution is 2.30. The van der Waals surface area contributed by atoms with Crippen LogP contribution in [0, 0.1) is 11.8 Å². The van der Waals surface area contributed by atoms with Crippen LogP contribution in [0.25, 0.3) is 11.0 Å². The van der Waals surface area contributed by atoms with Crippen molar-refractivity contribution < 1.29 is 13.2 Å². The first-order chi connectivity index (χ1) is 13.2. The Kier molecular flexibility index (Phi) is 6.36. The van der Waals surface area contributed by atoms with Gasteiger partial charge in [0, 0.05) is 12.6 Å². The summed E-state index contributed by atoms with van der Waals surface area (Å²) in [7, 11) is -3.78. The van der Waals surface area contributed by atoms with Crippen LogP contribution in [-0.2, 0) is 21.4 Å². The molecule has 1 aliphatic carbocycles. The van der Waals surface area contributed by atoms with Crippen LogP contribution in [0.15, 0.2) is 28.3 Å². The summed E-state index contributed by atoms with van der Waals surface area (Å²) in [6.45, 7) is 7.12. The largest absolute Gasteiger partial charge is 0.352 e. The van der Waals surface area contributed by atoms with E-state index in [-0.39, 0.29) is 22.6 Å². The normalized spacial score (nSPS) is 23.1. The van der Waals surface area contributed by atoms with Gasteiger partial charge in [-0.2, -0.15) is 0 Å². The molecule has 1 fully saturated rings. The third-order valence-electron chi connectivity index (χ3n) is 5.72. The summed E-state index contributed by atoms with van der Waals surface area (Å²) < 4.78 is 25.1. The van der Waals surface area contributed by atoms with Crippen molar-refractivity contribution in [2.75, 3.05) is 5.75 Å². The molecule has 0 unspecified atom stereocenters. The summed E-state index contributed by atoms with van der Waals surface area (Å²) in [6.07, 6.45) is 3.41. The van der Waals surface area contributed by atoms with Gasteiger partial charge in [0.25, 0.3) is 0 Å². The first-order valence-electron chi connectivity index (χ1n) is 9.66. The first kappa shape index (κ1) is 21.1. The highest BCUT2D eigenvalue weighted by molar-refractivity contribution is 7.99. The lowest BCUT2D eigenvalue weighted by atomic mass is 9.78. The Morgan fingerprint density at radius 3 is 2.79 bits per heavy atom. The SMILES string of the molecule is CCn1c(SCC(=O)N[C@@H]2CCC[C@H](C)[C@@H]2C)nc2cc(S(N)(=O)=O)ccc21. The van der Waals surface area contributed by atoms with Gasteiger partial charge in [0.1, 0.15) is 0 Å². The maximum absolute atomic E-state index is 12.5. The third kappa shape index (κ3) is 4.52. The topological polar surface area (TPSA) is 107 Å². The molecule has 0 saturated heterocycles. The van der Waals surface area contributed by atoms with E-state index < -0.39 is 10.0 Å². The van der Waals surface area contributed by atoms with Crippen molar-refractivity contribution in [1.82, 2.24) is 14.9 Å². The van der Waals surface area contributed by atoms with Gasteiger partial charge in [-0.1, -0.05) is 38.5 Å². The maximum Gasteiger partial charge on any atom is 0.238 e. The number of aromatic nitrogens is 2. The molecule has 1 aliphatic rings. The van der Waals surface area contributed by atoms with Crippen LogP contribution in [-0.4, -0.2) is 35.7 Å². The number of nitrogens with one attached hydrogen (secondary N) is 1. The number of hydrogen-bond donors (Lipinski definition) is 2. The molecule has 9 heteroatoms. The van der Waals surface area contributed by atoms with Crippen molar-refractivity contribution in [1.29, 1.82) is 0 Å². The van der Waals surface area contributed by atoms with E-state index in [1.54, 1.807) is 6.07 Å². The highest BCUT2D eigenvalue weighted by atomic mass is 32.2. The first-order valence-corrected chi connectivity index (χ1v) is 12.2. The zero-order valence-corrected chi connectivity index (χ0v) is 18.1. The molecule has 0 bridgehead atoms. The average Bonchev–Trinajstić information content (AvgIpc) is 2.99. The third-order valence-corrected chi connectivity index (χ3v) is 7.60. The van der Waals surface area contributed by atoms with Crippen LogP contribution < -0.4 is 10.5 Å². The summed E-state index contributed by atoms with van der Waals surface area (Å²) in [5.41, 5.74) is 1.39. The number of carbonyl (C=O) groups excluding carboxylic acids is 1. The number of sulfonamides is 1. The Hall–Kier alpha value is -1.58. The van der Waals surface area contributed by atoms with Gasteiger partial charge in [-0.05, 0) is 43.4 Å². The lowest BCUT2D eigenvalue weighted by Crippen LogP contribution is -2.44. The van der Waals surface area contributed by atoms with Gasteiger partial charge in [0.15, 0.2) is 5.16 Å². The van der Waals surface area contributed by atoms with E-state index in [4.69, 9.17) is 5.14 Å². The summed E-state index contributed by atoms with van der Waals surface area (Å²) in [4.78, 5) is 17.0. The molecule has 154 valence electrons. The van der Waals surface area contributed by atoms with E-state index in [9.17, 15) is 13.2 Å². The van der Waals surface area contributed by atoms with E-state index in [0.29, 0.717) is 29.1 Å².